The molecule has 0 spiro atoms. The van der Waals surface area contributed by atoms with Crippen LogP contribution in [0.15, 0.2) is 42.6 Å². The predicted octanol–water partition coefficient (Wildman–Crippen LogP) is 3.47. The number of nitrogens with one attached hydrogen (secondary N) is 1. The molecule has 2 aromatic heterocycles. The summed E-state index contributed by atoms with van der Waals surface area (Å²) in [6.45, 7) is 5.51. The van der Waals surface area contributed by atoms with Gasteiger partial charge in [0.2, 0.25) is 0 Å². The van der Waals surface area contributed by atoms with E-state index in [0.717, 1.165) is 31.7 Å². The van der Waals surface area contributed by atoms with Gasteiger partial charge < -0.3 is 4.98 Å². The molecule has 0 radical (unpaired) electrons. The fraction of sp³-hybridized carbons (Fsp3) is 0.316. The molecule has 0 aliphatic carbocycles. The molecule has 1 aromatic carbocycles. The monoisotopic (exact) mass is 291 g/mol. The zero-order valence-electron chi connectivity index (χ0n) is 13.0. The maximum absolute atomic E-state index is 4.42. The molecule has 0 atom stereocenters. The highest BCUT2D eigenvalue weighted by Crippen LogP contribution is 2.23. The Balaban J connectivity index is 1.50. The topological polar surface area (TPSA) is 31.9 Å². The Hall–Kier alpha value is -2.13. The summed E-state index contributed by atoms with van der Waals surface area (Å²) in [7, 11) is 0. The van der Waals surface area contributed by atoms with E-state index in [0.29, 0.717) is 0 Å². The lowest BCUT2D eigenvalue weighted by Crippen LogP contribution is -2.32. The molecule has 3 aromatic rings. The third-order valence-corrected chi connectivity index (χ3v) is 4.78. The summed E-state index contributed by atoms with van der Waals surface area (Å²) in [5.41, 5.74) is 6.70. The van der Waals surface area contributed by atoms with Gasteiger partial charge in [-0.2, -0.15) is 0 Å². The molecule has 0 amide bonds. The second kappa shape index (κ2) is 5.58. The highest BCUT2D eigenvalue weighted by molar-refractivity contribution is 5.81. The minimum Gasteiger partial charge on any atom is -0.343 e. The Kier molecular flexibility index (Phi) is 3.43. The second-order valence-corrected chi connectivity index (χ2v) is 6.17. The lowest BCUT2D eigenvalue weighted by atomic mass is 9.99. The van der Waals surface area contributed by atoms with E-state index in [9.17, 15) is 0 Å². The van der Waals surface area contributed by atoms with Crippen molar-refractivity contribution in [3.63, 3.8) is 0 Å². The van der Waals surface area contributed by atoms with Crippen molar-refractivity contribution >= 4 is 11.0 Å². The fourth-order valence-electron chi connectivity index (χ4n) is 3.54. The second-order valence-electron chi connectivity index (χ2n) is 6.17. The Labute approximate surface area is 131 Å². The minimum atomic E-state index is 1.01. The van der Waals surface area contributed by atoms with E-state index in [-0.39, 0.29) is 0 Å². The van der Waals surface area contributed by atoms with Gasteiger partial charge in [-0.15, -0.1) is 0 Å². The molecule has 0 bridgehead atoms. The van der Waals surface area contributed by atoms with Gasteiger partial charge in [0.25, 0.3) is 0 Å². The van der Waals surface area contributed by atoms with Crippen LogP contribution >= 0.6 is 0 Å². The van der Waals surface area contributed by atoms with Gasteiger partial charge in [0.15, 0.2) is 0 Å². The van der Waals surface area contributed by atoms with Crippen molar-refractivity contribution in [1.29, 1.82) is 0 Å². The van der Waals surface area contributed by atoms with E-state index in [4.69, 9.17) is 0 Å². The summed E-state index contributed by atoms with van der Waals surface area (Å²) in [4.78, 5) is 10.4. The largest absolute Gasteiger partial charge is 0.343 e. The van der Waals surface area contributed by atoms with Crippen LogP contribution in [0.1, 0.15) is 22.4 Å². The molecule has 0 fully saturated rings. The first-order valence-corrected chi connectivity index (χ1v) is 8.02. The molecule has 3 heteroatoms. The van der Waals surface area contributed by atoms with Crippen LogP contribution in [0, 0.1) is 6.92 Å². The zero-order chi connectivity index (χ0) is 14.9. The van der Waals surface area contributed by atoms with Crippen molar-refractivity contribution in [2.75, 3.05) is 13.1 Å². The standard InChI is InChI=1S/C19H21N3/c1-14-17(18-7-4-10-20-19(18)21-14)9-12-22-11-8-15-5-2-3-6-16(15)13-22/h2-7,10H,8-9,11-13H2,1H3,(H,20,21). The van der Waals surface area contributed by atoms with E-state index < -0.39 is 0 Å². The number of aromatic amines is 1. The number of fused-ring (bicyclic) bond motifs is 2. The molecule has 1 N–H and O–H groups in total. The van der Waals surface area contributed by atoms with Crippen molar-refractivity contribution in [2.45, 2.75) is 26.3 Å². The number of benzene rings is 1. The van der Waals surface area contributed by atoms with Gasteiger partial charge in [-0.1, -0.05) is 24.3 Å². The van der Waals surface area contributed by atoms with Gasteiger partial charge in [0.05, 0.1) is 0 Å². The van der Waals surface area contributed by atoms with Crippen molar-refractivity contribution in [2.24, 2.45) is 0 Å². The summed E-state index contributed by atoms with van der Waals surface area (Å²) in [5, 5.41) is 1.28. The molecule has 0 unspecified atom stereocenters. The SMILES string of the molecule is Cc1[nH]c2ncccc2c1CCN1CCc2ccccc2C1. The average molecular weight is 291 g/mol. The van der Waals surface area contributed by atoms with Gasteiger partial charge in [-0.3, -0.25) is 4.90 Å². The maximum atomic E-state index is 4.42. The first-order chi connectivity index (χ1) is 10.8. The number of hydrogen-bond donors (Lipinski definition) is 1. The van der Waals surface area contributed by atoms with E-state index in [2.05, 4.69) is 52.1 Å². The number of nitrogens with zero attached hydrogens (tertiary/aromatic N) is 2. The van der Waals surface area contributed by atoms with E-state index in [1.165, 1.54) is 34.2 Å². The normalized spacial score (nSPS) is 15.1. The summed E-state index contributed by atoms with van der Waals surface area (Å²) in [5.74, 6) is 0. The van der Waals surface area contributed by atoms with Gasteiger partial charge in [-0.05, 0) is 48.6 Å². The Morgan fingerprint density at radius 3 is 2.91 bits per heavy atom. The molecular formula is C19H21N3. The van der Waals surface area contributed by atoms with Gasteiger partial charge >= 0.3 is 0 Å². The molecule has 3 heterocycles. The molecule has 1 aliphatic rings. The molecular weight excluding hydrogens is 270 g/mol. The Morgan fingerprint density at radius 1 is 1.14 bits per heavy atom. The lowest BCUT2D eigenvalue weighted by molar-refractivity contribution is 0.257. The van der Waals surface area contributed by atoms with Gasteiger partial charge in [0.1, 0.15) is 5.65 Å². The van der Waals surface area contributed by atoms with Crippen molar-refractivity contribution in [1.82, 2.24) is 14.9 Å². The van der Waals surface area contributed by atoms with E-state index in [1.54, 1.807) is 0 Å². The number of rotatable bonds is 3. The van der Waals surface area contributed by atoms with Crippen LogP contribution in [0.5, 0.6) is 0 Å². The number of pyridine rings is 1. The fourth-order valence-corrected chi connectivity index (χ4v) is 3.54. The average Bonchev–Trinajstić information content (AvgIpc) is 2.88. The molecule has 22 heavy (non-hydrogen) atoms. The van der Waals surface area contributed by atoms with Crippen LogP contribution in [0.2, 0.25) is 0 Å². The smallest absolute Gasteiger partial charge is 0.137 e. The predicted molar refractivity (Wildman–Crippen MR) is 90.0 cm³/mol. The Morgan fingerprint density at radius 2 is 2.00 bits per heavy atom. The first kappa shape index (κ1) is 13.5. The van der Waals surface area contributed by atoms with Crippen LogP contribution in [-0.2, 0) is 19.4 Å². The minimum absolute atomic E-state index is 1.01. The Bertz CT molecular complexity index is 803. The van der Waals surface area contributed by atoms with E-state index in [1.807, 2.05) is 12.3 Å². The molecule has 1 aliphatic heterocycles. The van der Waals surface area contributed by atoms with E-state index >= 15 is 0 Å². The highest BCUT2D eigenvalue weighted by Gasteiger charge is 2.16. The number of hydrogen-bond acceptors (Lipinski definition) is 2. The van der Waals surface area contributed by atoms with Crippen LogP contribution in [-0.4, -0.2) is 28.0 Å². The molecule has 3 nitrogen and oxygen atoms in total. The molecule has 112 valence electrons. The van der Waals surface area contributed by atoms with Gasteiger partial charge in [-0.25, -0.2) is 4.98 Å². The van der Waals surface area contributed by atoms with Crippen LogP contribution < -0.4 is 0 Å². The molecule has 4 rings (SSSR count). The third-order valence-electron chi connectivity index (χ3n) is 4.78. The van der Waals surface area contributed by atoms with Crippen molar-refractivity contribution in [3.05, 3.63) is 65.0 Å². The third kappa shape index (κ3) is 2.42. The molecule has 0 saturated carbocycles. The van der Waals surface area contributed by atoms with Crippen molar-refractivity contribution in [3.8, 4) is 0 Å². The summed E-state index contributed by atoms with van der Waals surface area (Å²) in [6.07, 6.45) is 4.11. The number of H-pyrrole nitrogens is 1. The van der Waals surface area contributed by atoms with Crippen LogP contribution in [0.3, 0.4) is 0 Å². The zero-order valence-corrected chi connectivity index (χ0v) is 13.0. The molecule has 0 saturated heterocycles. The maximum Gasteiger partial charge on any atom is 0.137 e. The van der Waals surface area contributed by atoms with Crippen LogP contribution in [0.25, 0.3) is 11.0 Å². The number of aromatic nitrogens is 2. The number of aryl methyl sites for hydroxylation is 1. The quantitative estimate of drug-likeness (QED) is 0.801. The van der Waals surface area contributed by atoms with Gasteiger partial charge in [0, 0.05) is 36.9 Å². The summed E-state index contributed by atoms with van der Waals surface area (Å²) < 4.78 is 0. The van der Waals surface area contributed by atoms with Crippen LogP contribution in [0.4, 0.5) is 0 Å². The first-order valence-electron chi connectivity index (χ1n) is 8.02. The summed E-state index contributed by atoms with van der Waals surface area (Å²) in [6, 6.07) is 13.0. The summed E-state index contributed by atoms with van der Waals surface area (Å²) >= 11 is 0. The lowest BCUT2D eigenvalue weighted by Gasteiger charge is -2.28. The highest BCUT2D eigenvalue weighted by atomic mass is 15.1. The van der Waals surface area contributed by atoms with Crippen molar-refractivity contribution < 1.29 is 0 Å².